The molecule has 1 aromatic heterocycles. The number of H-pyrrole nitrogens is 1. The molecule has 3 aromatic rings. The Morgan fingerprint density at radius 2 is 1.95 bits per heavy atom. The second kappa shape index (κ2) is 5.22. The molecule has 0 unspecified atom stereocenters. The molecule has 0 spiro atoms. The topological polar surface area (TPSA) is 54.7 Å². The summed E-state index contributed by atoms with van der Waals surface area (Å²) < 4.78 is 13.6. The van der Waals surface area contributed by atoms with E-state index in [9.17, 15) is 4.39 Å². The van der Waals surface area contributed by atoms with Gasteiger partial charge in [0.15, 0.2) is 5.82 Å². The quantitative estimate of drug-likeness (QED) is 0.736. The first-order valence-corrected chi connectivity index (χ1v) is 6.80. The minimum atomic E-state index is -0.303. The zero-order valence-electron chi connectivity index (χ0n) is 11.3. The molecule has 0 fully saturated rings. The molecule has 3 N–H and O–H groups in total. The van der Waals surface area contributed by atoms with Crippen LogP contribution in [0.4, 0.5) is 10.2 Å². The lowest BCUT2D eigenvalue weighted by Gasteiger charge is -2.07. The lowest BCUT2D eigenvalue weighted by atomic mass is 9.99. The Kier molecular flexibility index (Phi) is 3.39. The number of aryl methyl sites for hydroxylation is 1. The van der Waals surface area contributed by atoms with E-state index in [-0.39, 0.29) is 5.82 Å². The van der Waals surface area contributed by atoms with Crippen molar-refractivity contribution in [3.8, 4) is 22.4 Å². The van der Waals surface area contributed by atoms with E-state index in [4.69, 9.17) is 17.3 Å². The average molecular weight is 302 g/mol. The average Bonchev–Trinajstić information content (AvgIpc) is 2.80. The first-order chi connectivity index (χ1) is 10.1. The highest BCUT2D eigenvalue weighted by molar-refractivity contribution is 6.33. The van der Waals surface area contributed by atoms with Crippen LogP contribution in [-0.2, 0) is 0 Å². The van der Waals surface area contributed by atoms with Crippen molar-refractivity contribution in [2.75, 3.05) is 5.73 Å². The number of aromatic amines is 1. The Morgan fingerprint density at radius 1 is 1.19 bits per heavy atom. The van der Waals surface area contributed by atoms with Crippen LogP contribution in [0.3, 0.4) is 0 Å². The lowest BCUT2D eigenvalue weighted by Crippen LogP contribution is -1.90. The Balaban J connectivity index is 2.24. The maximum Gasteiger partial charge on any atom is 0.153 e. The van der Waals surface area contributed by atoms with Crippen molar-refractivity contribution in [2.45, 2.75) is 6.92 Å². The molecule has 0 radical (unpaired) electrons. The van der Waals surface area contributed by atoms with Crippen molar-refractivity contribution in [3.63, 3.8) is 0 Å². The monoisotopic (exact) mass is 301 g/mol. The van der Waals surface area contributed by atoms with E-state index in [0.717, 1.165) is 11.1 Å². The molecule has 3 rings (SSSR count). The van der Waals surface area contributed by atoms with E-state index in [2.05, 4.69) is 10.2 Å². The van der Waals surface area contributed by atoms with Crippen LogP contribution in [-0.4, -0.2) is 10.2 Å². The number of rotatable bonds is 2. The van der Waals surface area contributed by atoms with Gasteiger partial charge < -0.3 is 5.73 Å². The number of hydrogen-bond acceptors (Lipinski definition) is 2. The molecule has 0 aliphatic carbocycles. The molecule has 106 valence electrons. The second-order valence-corrected chi connectivity index (χ2v) is 5.26. The number of nitrogen functional groups attached to an aromatic ring is 1. The van der Waals surface area contributed by atoms with Gasteiger partial charge >= 0.3 is 0 Å². The summed E-state index contributed by atoms with van der Waals surface area (Å²) in [6.45, 7) is 1.83. The fourth-order valence-electron chi connectivity index (χ4n) is 2.38. The second-order valence-electron chi connectivity index (χ2n) is 4.86. The zero-order chi connectivity index (χ0) is 15.0. The largest absolute Gasteiger partial charge is 0.382 e. The van der Waals surface area contributed by atoms with Crippen molar-refractivity contribution >= 4 is 17.4 Å². The fourth-order valence-corrected chi connectivity index (χ4v) is 2.61. The number of hydrogen-bond donors (Lipinski definition) is 2. The zero-order valence-corrected chi connectivity index (χ0v) is 12.1. The number of nitrogens with zero attached hydrogens (tertiary/aromatic N) is 1. The molecule has 5 heteroatoms. The van der Waals surface area contributed by atoms with E-state index in [1.165, 1.54) is 12.1 Å². The summed E-state index contributed by atoms with van der Waals surface area (Å²) in [5, 5.41) is 7.48. The van der Waals surface area contributed by atoms with Crippen LogP contribution >= 0.6 is 11.6 Å². The summed E-state index contributed by atoms with van der Waals surface area (Å²) in [5.41, 5.74) is 9.58. The van der Waals surface area contributed by atoms with Gasteiger partial charge in [0.25, 0.3) is 0 Å². The minimum absolute atomic E-state index is 0.303. The van der Waals surface area contributed by atoms with Gasteiger partial charge in [-0.1, -0.05) is 29.8 Å². The van der Waals surface area contributed by atoms with Crippen LogP contribution in [0.25, 0.3) is 22.4 Å². The van der Waals surface area contributed by atoms with Crippen molar-refractivity contribution in [1.82, 2.24) is 10.2 Å². The maximum absolute atomic E-state index is 13.6. The summed E-state index contributed by atoms with van der Waals surface area (Å²) in [5.74, 6) is 0.0308. The lowest BCUT2D eigenvalue weighted by molar-refractivity contribution is 0.627. The van der Waals surface area contributed by atoms with Gasteiger partial charge in [0.05, 0.1) is 11.3 Å². The van der Waals surface area contributed by atoms with E-state index in [0.29, 0.717) is 27.7 Å². The third kappa shape index (κ3) is 2.50. The van der Waals surface area contributed by atoms with Crippen LogP contribution < -0.4 is 5.73 Å². The van der Waals surface area contributed by atoms with Crippen molar-refractivity contribution in [2.24, 2.45) is 0 Å². The molecule has 0 atom stereocenters. The van der Waals surface area contributed by atoms with Gasteiger partial charge in [-0.2, -0.15) is 5.10 Å². The SMILES string of the molecule is Cc1cc(F)cc(-c2[nH]nc(N)c2-c2ccccc2Cl)c1. The molecule has 2 aromatic carbocycles. The molecule has 0 aliphatic heterocycles. The Morgan fingerprint density at radius 3 is 2.67 bits per heavy atom. The summed E-state index contributed by atoms with van der Waals surface area (Å²) in [4.78, 5) is 0. The van der Waals surface area contributed by atoms with Crippen molar-refractivity contribution in [3.05, 3.63) is 58.9 Å². The molecule has 21 heavy (non-hydrogen) atoms. The molecular weight excluding hydrogens is 289 g/mol. The number of aromatic nitrogens is 2. The molecule has 3 nitrogen and oxygen atoms in total. The number of nitrogens with two attached hydrogens (primary N) is 1. The molecule has 0 aliphatic rings. The van der Waals surface area contributed by atoms with Crippen molar-refractivity contribution in [1.29, 1.82) is 0 Å². The summed E-state index contributed by atoms with van der Waals surface area (Å²) in [7, 11) is 0. The third-order valence-corrected chi connectivity index (χ3v) is 3.60. The normalized spacial score (nSPS) is 10.8. The molecule has 0 amide bonds. The fraction of sp³-hybridized carbons (Fsp3) is 0.0625. The number of halogens is 2. The maximum atomic E-state index is 13.6. The van der Waals surface area contributed by atoms with Gasteiger partial charge in [-0.05, 0) is 36.8 Å². The molecular formula is C16H13ClFN3. The summed E-state index contributed by atoms with van der Waals surface area (Å²) in [6, 6.07) is 12.1. The molecule has 0 saturated heterocycles. The predicted molar refractivity (Wildman–Crippen MR) is 83.6 cm³/mol. The number of benzene rings is 2. The predicted octanol–water partition coefficient (Wildman–Crippen LogP) is 4.43. The molecule has 0 saturated carbocycles. The standard InChI is InChI=1S/C16H13ClFN3/c1-9-6-10(8-11(18)7-9)15-14(16(19)21-20-15)12-4-2-3-5-13(12)17/h2-8H,1H3,(H3,19,20,21). The third-order valence-electron chi connectivity index (χ3n) is 3.27. The Bertz CT molecular complexity index is 791. The van der Waals surface area contributed by atoms with Gasteiger partial charge in [-0.3, -0.25) is 5.10 Å². The summed E-state index contributed by atoms with van der Waals surface area (Å²) in [6.07, 6.45) is 0. The van der Waals surface area contributed by atoms with E-state index in [1.54, 1.807) is 6.07 Å². The number of anilines is 1. The number of nitrogens with one attached hydrogen (secondary N) is 1. The molecule has 0 bridgehead atoms. The van der Waals surface area contributed by atoms with Crippen LogP contribution in [0.2, 0.25) is 5.02 Å². The van der Waals surface area contributed by atoms with E-state index in [1.807, 2.05) is 31.2 Å². The van der Waals surface area contributed by atoms with Crippen LogP contribution in [0, 0.1) is 12.7 Å². The van der Waals surface area contributed by atoms with Crippen LogP contribution in [0.1, 0.15) is 5.56 Å². The molecule has 1 heterocycles. The smallest absolute Gasteiger partial charge is 0.153 e. The Hall–Kier alpha value is -2.33. The van der Waals surface area contributed by atoms with Gasteiger partial charge in [0.1, 0.15) is 5.82 Å². The van der Waals surface area contributed by atoms with Crippen LogP contribution in [0.15, 0.2) is 42.5 Å². The highest BCUT2D eigenvalue weighted by Crippen LogP contribution is 2.38. The van der Waals surface area contributed by atoms with Gasteiger partial charge in [-0.15, -0.1) is 0 Å². The first-order valence-electron chi connectivity index (χ1n) is 6.42. The van der Waals surface area contributed by atoms with Crippen LogP contribution in [0.5, 0.6) is 0 Å². The van der Waals surface area contributed by atoms with Crippen molar-refractivity contribution < 1.29 is 4.39 Å². The first kappa shape index (κ1) is 13.6. The van der Waals surface area contributed by atoms with E-state index >= 15 is 0 Å². The highest BCUT2D eigenvalue weighted by Gasteiger charge is 2.17. The van der Waals surface area contributed by atoms with Gasteiger partial charge in [0.2, 0.25) is 0 Å². The summed E-state index contributed by atoms with van der Waals surface area (Å²) >= 11 is 6.24. The van der Waals surface area contributed by atoms with Gasteiger partial charge in [-0.25, -0.2) is 4.39 Å². The van der Waals surface area contributed by atoms with Gasteiger partial charge in [0, 0.05) is 16.1 Å². The Labute approximate surface area is 126 Å². The minimum Gasteiger partial charge on any atom is -0.382 e. The highest BCUT2D eigenvalue weighted by atomic mass is 35.5. The van der Waals surface area contributed by atoms with E-state index < -0.39 is 0 Å².